The predicted octanol–water partition coefficient (Wildman–Crippen LogP) is 2.87. The van der Waals surface area contributed by atoms with Gasteiger partial charge in [-0.25, -0.2) is 4.98 Å². The predicted molar refractivity (Wildman–Crippen MR) is 80.1 cm³/mol. The summed E-state index contributed by atoms with van der Waals surface area (Å²) in [6.07, 6.45) is 0. The molecular formula is C13H13ClN4OS. The second-order valence-corrected chi connectivity index (χ2v) is 5.49. The molecule has 0 saturated carbocycles. The Kier molecular flexibility index (Phi) is 4.92. The lowest BCUT2D eigenvalue weighted by Gasteiger charge is -2.05. The van der Waals surface area contributed by atoms with Crippen molar-refractivity contribution < 1.29 is 4.79 Å². The van der Waals surface area contributed by atoms with Crippen LogP contribution in [-0.2, 0) is 4.79 Å². The first-order valence-corrected chi connectivity index (χ1v) is 7.27. The number of hydrogen-bond donors (Lipinski definition) is 1. The van der Waals surface area contributed by atoms with Crippen molar-refractivity contribution in [3.8, 4) is 0 Å². The van der Waals surface area contributed by atoms with Crippen LogP contribution in [0.2, 0.25) is 5.02 Å². The maximum absolute atomic E-state index is 11.8. The molecule has 1 aromatic carbocycles. The number of hydrogen-bond acceptors (Lipinski definition) is 5. The van der Waals surface area contributed by atoms with Gasteiger partial charge in [0.1, 0.15) is 0 Å². The normalized spacial score (nSPS) is 10.3. The minimum Gasteiger partial charge on any atom is -0.325 e. The molecule has 1 N–H and O–H groups in total. The van der Waals surface area contributed by atoms with Crippen LogP contribution >= 0.6 is 23.4 Å². The Morgan fingerprint density at radius 2 is 1.90 bits per heavy atom. The van der Waals surface area contributed by atoms with E-state index in [0.29, 0.717) is 15.9 Å². The third-order valence-corrected chi connectivity index (χ3v) is 3.62. The van der Waals surface area contributed by atoms with Gasteiger partial charge in [-0.2, -0.15) is 5.10 Å². The summed E-state index contributed by atoms with van der Waals surface area (Å²) in [7, 11) is 0. The minimum absolute atomic E-state index is 0.126. The van der Waals surface area contributed by atoms with Crippen LogP contribution in [0.1, 0.15) is 11.4 Å². The van der Waals surface area contributed by atoms with Gasteiger partial charge in [-0.15, -0.1) is 5.10 Å². The molecule has 5 nitrogen and oxygen atoms in total. The highest BCUT2D eigenvalue weighted by atomic mass is 35.5. The molecule has 0 radical (unpaired) electrons. The Morgan fingerprint density at radius 1 is 1.20 bits per heavy atom. The Hall–Kier alpha value is -1.66. The maximum atomic E-state index is 11.8. The third-order valence-electron chi connectivity index (χ3n) is 2.53. The number of thioether (sulfide) groups is 1. The topological polar surface area (TPSA) is 67.8 Å². The van der Waals surface area contributed by atoms with Crippen LogP contribution in [0.3, 0.4) is 0 Å². The fourth-order valence-electron chi connectivity index (χ4n) is 1.36. The van der Waals surface area contributed by atoms with Gasteiger partial charge in [-0.05, 0) is 38.1 Å². The lowest BCUT2D eigenvalue weighted by molar-refractivity contribution is -0.113. The second kappa shape index (κ2) is 6.67. The molecule has 7 heteroatoms. The van der Waals surface area contributed by atoms with Crippen LogP contribution < -0.4 is 5.32 Å². The molecule has 104 valence electrons. The SMILES string of the molecule is Cc1nnc(SCC(=O)Nc2ccc(Cl)cc2)nc1C. The highest BCUT2D eigenvalue weighted by Gasteiger charge is 2.07. The van der Waals surface area contributed by atoms with Crippen molar-refractivity contribution in [3.05, 3.63) is 40.7 Å². The van der Waals surface area contributed by atoms with Gasteiger partial charge in [-0.1, -0.05) is 23.4 Å². The average molecular weight is 309 g/mol. The van der Waals surface area contributed by atoms with Crippen molar-refractivity contribution in [1.29, 1.82) is 0 Å². The molecule has 0 saturated heterocycles. The number of halogens is 1. The number of aryl methyl sites for hydroxylation is 2. The van der Waals surface area contributed by atoms with E-state index in [1.165, 1.54) is 11.8 Å². The number of anilines is 1. The van der Waals surface area contributed by atoms with E-state index in [1.54, 1.807) is 24.3 Å². The van der Waals surface area contributed by atoms with Crippen molar-refractivity contribution in [3.63, 3.8) is 0 Å². The fraction of sp³-hybridized carbons (Fsp3) is 0.231. The van der Waals surface area contributed by atoms with Gasteiger partial charge in [0.05, 0.1) is 17.1 Å². The van der Waals surface area contributed by atoms with Crippen molar-refractivity contribution in [2.75, 3.05) is 11.1 Å². The summed E-state index contributed by atoms with van der Waals surface area (Å²) in [5.41, 5.74) is 2.32. The number of rotatable bonds is 4. The van der Waals surface area contributed by atoms with Crippen LogP contribution in [0.4, 0.5) is 5.69 Å². The Bertz CT molecular complexity index is 618. The van der Waals surface area contributed by atoms with Crippen molar-refractivity contribution in [2.24, 2.45) is 0 Å². The summed E-state index contributed by atoms with van der Waals surface area (Å²) in [5.74, 6) is 0.103. The molecule has 0 bridgehead atoms. The number of carbonyl (C=O) groups is 1. The van der Waals surface area contributed by atoms with E-state index in [1.807, 2.05) is 13.8 Å². The van der Waals surface area contributed by atoms with Gasteiger partial charge in [0.2, 0.25) is 11.1 Å². The van der Waals surface area contributed by atoms with Crippen LogP contribution in [0.15, 0.2) is 29.4 Å². The van der Waals surface area contributed by atoms with Crippen molar-refractivity contribution in [2.45, 2.75) is 19.0 Å². The summed E-state index contributed by atoms with van der Waals surface area (Å²) < 4.78 is 0. The molecule has 0 fully saturated rings. The van der Waals surface area contributed by atoms with Crippen LogP contribution in [0.25, 0.3) is 0 Å². The number of carbonyl (C=O) groups excluding carboxylic acids is 1. The number of nitrogens with zero attached hydrogens (tertiary/aromatic N) is 3. The Morgan fingerprint density at radius 3 is 2.55 bits per heavy atom. The zero-order valence-corrected chi connectivity index (χ0v) is 12.6. The molecule has 2 rings (SSSR count). The highest BCUT2D eigenvalue weighted by Crippen LogP contribution is 2.16. The molecule has 20 heavy (non-hydrogen) atoms. The number of nitrogens with one attached hydrogen (secondary N) is 1. The largest absolute Gasteiger partial charge is 0.325 e. The Labute approximate surface area is 126 Å². The van der Waals surface area contributed by atoms with E-state index in [2.05, 4.69) is 20.5 Å². The molecule has 1 aromatic heterocycles. The molecule has 0 spiro atoms. The lowest BCUT2D eigenvalue weighted by Crippen LogP contribution is -2.14. The monoisotopic (exact) mass is 308 g/mol. The first kappa shape index (κ1) is 14.7. The quantitative estimate of drug-likeness (QED) is 0.880. The highest BCUT2D eigenvalue weighted by molar-refractivity contribution is 7.99. The molecule has 0 aliphatic rings. The third kappa shape index (κ3) is 4.18. The zero-order valence-electron chi connectivity index (χ0n) is 11.1. The molecule has 0 unspecified atom stereocenters. The average Bonchev–Trinajstić information content (AvgIpc) is 2.43. The van der Waals surface area contributed by atoms with E-state index in [4.69, 9.17) is 11.6 Å². The van der Waals surface area contributed by atoms with Crippen LogP contribution in [-0.4, -0.2) is 26.8 Å². The molecule has 0 aliphatic carbocycles. The lowest BCUT2D eigenvalue weighted by atomic mass is 10.3. The summed E-state index contributed by atoms with van der Waals surface area (Å²) in [5, 5.41) is 11.8. The van der Waals surface area contributed by atoms with Gasteiger partial charge < -0.3 is 5.32 Å². The standard InChI is InChI=1S/C13H13ClN4OS/c1-8-9(2)17-18-13(15-8)20-7-12(19)16-11-5-3-10(14)4-6-11/h3-6H,7H2,1-2H3,(H,16,19). The number of amides is 1. The fourth-order valence-corrected chi connectivity index (χ4v) is 2.12. The Balaban J connectivity index is 1.88. The van der Waals surface area contributed by atoms with Crippen molar-refractivity contribution >= 4 is 35.0 Å². The maximum Gasteiger partial charge on any atom is 0.234 e. The summed E-state index contributed by atoms with van der Waals surface area (Å²) >= 11 is 7.03. The molecular weight excluding hydrogens is 296 g/mol. The van der Waals surface area contributed by atoms with Crippen molar-refractivity contribution in [1.82, 2.24) is 15.2 Å². The van der Waals surface area contributed by atoms with Gasteiger partial charge >= 0.3 is 0 Å². The van der Waals surface area contributed by atoms with Gasteiger partial charge in [-0.3, -0.25) is 4.79 Å². The van der Waals surface area contributed by atoms with Crippen LogP contribution in [0, 0.1) is 13.8 Å². The van der Waals surface area contributed by atoms with Crippen LogP contribution in [0.5, 0.6) is 0 Å². The van der Waals surface area contributed by atoms with E-state index in [-0.39, 0.29) is 11.7 Å². The molecule has 1 heterocycles. The number of benzene rings is 1. The molecule has 0 aliphatic heterocycles. The first-order chi connectivity index (χ1) is 9.54. The first-order valence-electron chi connectivity index (χ1n) is 5.91. The smallest absolute Gasteiger partial charge is 0.234 e. The molecule has 1 amide bonds. The van der Waals surface area contributed by atoms with E-state index in [9.17, 15) is 4.79 Å². The van der Waals surface area contributed by atoms with Gasteiger partial charge in [0.25, 0.3) is 0 Å². The van der Waals surface area contributed by atoms with E-state index >= 15 is 0 Å². The van der Waals surface area contributed by atoms with Gasteiger partial charge in [0, 0.05) is 10.7 Å². The summed E-state index contributed by atoms with van der Waals surface area (Å²) in [6, 6.07) is 6.94. The molecule has 0 atom stereocenters. The second-order valence-electron chi connectivity index (χ2n) is 4.11. The minimum atomic E-state index is -0.126. The van der Waals surface area contributed by atoms with E-state index in [0.717, 1.165) is 11.4 Å². The summed E-state index contributed by atoms with van der Waals surface area (Å²) in [4.78, 5) is 16.0. The van der Waals surface area contributed by atoms with E-state index < -0.39 is 0 Å². The molecule has 2 aromatic rings. The summed E-state index contributed by atoms with van der Waals surface area (Å²) in [6.45, 7) is 3.71. The number of aromatic nitrogens is 3. The zero-order chi connectivity index (χ0) is 14.5. The van der Waals surface area contributed by atoms with Gasteiger partial charge in [0.15, 0.2) is 0 Å².